The summed E-state index contributed by atoms with van der Waals surface area (Å²) in [5.74, 6) is 2.38. The second kappa shape index (κ2) is 7.91. The van der Waals surface area contributed by atoms with Gasteiger partial charge in [0, 0.05) is 38.0 Å². The third-order valence-electron chi connectivity index (χ3n) is 5.88. The van der Waals surface area contributed by atoms with Crippen LogP contribution < -0.4 is 10.5 Å². The van der Waals surface area contributed by atoms with Crippen LogP contribution in [0.3, 0.4) is 0 Å². The Morgan fingerprint density at radius 2 is 1.90 bits per heavy atom. The van der Waals surface area contributed by atoms with E-state index in [0.29, 0.717) is 18.8 Å². The Kier molecular flexibility index (Phi) is 4.96. The summed E-state index contributed by atoms with van der Waals surface area (Å²) in [5.41, 5.74) is 9.24. The van der Waals surface area contributed by atoms with Crippen molar-refractivity contribution < 1.29 is 9.53 Å². The lowest BCUT2D eigenvalue weighted by Crippen LogP contribution is -2.48. The maximum absolute atomic E-state index is 12.8. The molecule has 1 amide bonds. The average molecular weight is 403 g/mol. The second-order valence-corrected chi connectivity index (χ2v) is 7.92. The van der Waals surface area contributed by atoms with Crippen LogP contribution in [0.2, 0.25) is 0 Å². The summed E-state index contributed by atoms with van der Waals surface area (Å²) >= 11 is 0. The summed E-state index contributed by atoms with van der Waals surface area (Å²) in [4.78, 5) is 26.1. The van der Waals surface area contributed by atoms with E-state index in [1.165, 1.54) is 5.56 Å². The van der Waals surface area contributed by atoms with E-state index in [1.807, 2.05) is 41.3 Å². The van der Waals surface area contributed by atoms with Crippen LogP contribution in [0.25, 0.3) is 10.9 Å². The zero-order valence-electron chi connectivity index (χ0n) is 16.9. The van der Waals surface area contributed by atoms with Gasteiger partial charge in [0.05, 0.1) is 25.1 Å². The van der Waals surface area contributed by atoms with Gasteiger partial charge in [0.1, 0.15) is 17.4 Å². The molecule has 0 bridgehead atoms. The number of nitrogens with zero attached hydrogens (tertiary/aromatic N) is 4. The number of nitrogens with two attached hydrogens (primary N) is 1. The summed E-state index contributed by atoms with van der Waals surface area (Å²) in [6.45, 7) is 4.43. The first-order chi connectivity index (χ1) is 14.7. The minimum atomic E-state index is 0.180. The standard InChI is InChI=1S/C23H25N5O2/c24-23-18-3-1-2-4-19(18)25-21(26-23)15-27-8-10-28(11-9-27)22(29)14-16-5-6-20-17(13-16)7-12-30-20/h1-6,13H,7-12,14-15H2,(H2,24,25,26). The van der Waals surface area contributed by atoms with Gasteiger partial charge in [-0.15, -0.1) is 0 Å². The van der Waals surface area contributed by atoms with Gasteiger partial charge in [-0.25, -0.2) is 9.97 Å². The molecule has 30 heavy (non-hydrogen) atoms. The molecule has 3 heterocycles. The van der Waals surface area contributed by atoms with Crippen molar-refractivity contribution in [1.82, 2.24) is 19.8 Å². The van der Waals surface area contributed by atoms with Crippen LogP contribution in [0.1, 0.15) is 17.0 Å². The maximum atomic E-state index is 12.8. The number of piperazine rings is 1. The molecule has 7 nitrogen and oxygen atoms in total. The number of carbonyl (C=O) groups excluding carboxylic acids is 1. The smallest absolute Gasteiger partial charge is 0.227 e. The van der Waals surface area contributed by atoms with Crippen LogP contribution in [0.4, 0.5) is 5.82 Å². The predicted octanol–water partition coefficient (Wildman–Crippen LogP) is 2.03. The highest BCUT2D eigenvalue weighted by atomic mass is 16.5. The van der Waals surface area contributed by atoms with Gasteiger partial charge in [-0.2, -0.15) is 0 Å². The third kappa shape index (κ3) is 3.80. The van der Waals surface area contributed by atoms with E-state index in [0.717, 1.165) is 67.2 Å². The van der Waals surface area contributed by atoms with Crippen molar-refractivity contribution in [3.05, 3.63) is 59.4 Å². The van der Waals surface area contributed by atoms with Crippen molar-refractivity contribution in [2.24, 2.45) is 0 Å². The van der Waals surface area contributed by atoms with Gasteiger partial charge in [0.25, 0.3) is 0 Å². The monoisotopic (exact) mass is 403 g/mol. The van der Waals surface area contributed by atoms with Gasteiger partial charge in [0.2, 0.25) is 5.91 Å². The quantitative estimate of drug-likeness (QED) is 0.718. The molecule has 0 spiro atoms. The summed E-state index contributed by atoms with van der Waals surface area (Å²) in [6, 6.07) is 13.9. The van der Waals surface area contributed by atoms with Crippen molar-refractivity contribution in [2.75, 3.05) is 38.5 Å². The SMILES string of the molecule is Nc1nc(CN2CCN(C(=O)Cc3ccc4c(c3)CCO4)CC2)nc2ccccc12. The number of anilines is 1. The van der Waals surface area contributed by atoms with E-state index in [1.54, 1.807) is 0 Å². The number of amides is 1. The van der Waals surface area contributed by atoms with Gasteiger partial charge in [-0.1, -0.05) is 24.3 Å². The summed E-state index contributed by atoms with van der Waals surface area (Å²) < 4.78 is 5.55. The van der Waals surface area contributed by atoms with Crippen LogP contribution in [-0.4, -0.2) is 58.5 Å². The molecule has 154 valence electrons. The van der Waals surface area contributed by atoms with Gasteiger partial charge in [0.15, 0.2) is 0 Å². The zero-order chi connectivity index (χ0) is 20.5. The summed E-state index contributed by atoms with van der Waals surface area (Å²) in [6.07, 6.45) is 1.37. The molecular formula is C23H25N5O2. The van der Waals surface area contributed by atoms with Crippen molar-refractivity contribution in [3.63, 3.8) is 0 Å². The number of aromatic nitrogens is 2. The molecule has 0 unspecified atom stereocenters. The molecular weight excluding hydrogens is 378 g/mol. The first-order valence-corrected chi connectivity index (χ1v) is 10.4. The number of hydrogen-bond acceptors (Lipinski definition) is 6. The van der Waals surface area contributed by atoms with Crippen LogP contribution in [0.5, 0.6) is 5.75 Å². The van der Waals surface area contributed by atoms with Gasteiger partial charge in [-0.05, 0) is 29.3 Å². The first-order valence-electron chi connectivity index (χ1n) is 10.4. The van der Waals surface area contributed by atoms with E-state index in [4.69, 9.17) is 10.5 Å². The number of nitrogen functional groups attached to an aromatic ring is 1. The molecule has 1 aromatic heterocycles. The number of hydrogen-bond donors (Lipinski definition) is 1. The number of fused-ring (bicyclic) bond motifs is 2. The number of ether oxygens (including phenoxy) is 1. The normalized spacial score (nSPS) is 16.5. The second-order valence-electron chi connectivity index (χ2n) is 7.92. The highest BCUT2D eigenvalue weighted by Crippen LogP contribution is 2.26. The molecule has 7 heteroatoms. The van der Waals surface area contributed by atoms with Crippen LogP contribution >= 0.6 is 0 Å². The fourth-order valence-electron chi connectivity index (χ4n) is 4.21. The average Bonchev–Trinajstić information content (AvgIpc) is 3.22. The van der Waals surface area contributed by atoms with E-state index < -0.39 is 0 Å². The molecule has 2 N–H and O–H groups in total. The Hall–Kier alpha value is -3.19. The molecule has 0 saturated carbocycles. The van der Waals surface area contributed by atoms with E-state index in [9.17, 15) is 4.79 Å². The molecule has 0 radical (unpaired) electrons. The Morgan fingerprint density at radius 3 is 2.77 bits per heavy atom. The van der Waals surface area contributed by atoms with Crippen molar-refractivity contribution in [2.45, 2.75) is 19.4 Å². The molecule has 2 aliphatic rings. The molecule has 0 aliphatic carbocycles. The lowest BCUT2D eigenvalue weighted by atomic mass is 10.1. The Balaban J connectivity index is 1.18. The van der Waals surface area contributed by atoms with Gasteiger partial charge < -0.3 is 15.4 Å². The highest BCUT2D eigenvalue weighted by molar-refractivity contribution is 5.87. The minimum absolute atomic E-state index is 0.180. The van der Waals surface area contributed by atoms with Crippen LogP contribution in [0.15, 0.2) is 42.5 Å². The predicted molar refractivity (Wildman–Crippen MR) is 115 cm³/mol. The number of para-hydroxylation sites is 1. The van der Waals surface area contributed by atoms with Crippen molar-refractivity contribution in [3.8, 4) is 5.75 Å². The first kappa shape index (κ1) is 18.8. The number of carbonyl (C=O) groups is 1. The lowest BCUT2D eigenvalue weighted by Gasteiger charge is -2.34. The van der Waals surface area contributed by atoms with E-state index in [2.05, 4.69) is 20.9 Å². The van der Waals surface area contributed by atoms with E-state index >= 15 is 0 Å². The van der Waals surface area contributed by atoms with Gasteiger partial charge in [-0.3, -0.25) is 9.69 Å². The van der Waals surface area contributed by atoms with E-state index in [-0.39, 0.29) is 5.91 Å². The highest BCUT2D eigenvalue weighted by Gasteiger charge is 2.23. The lowest BCUT2D eigenvalue weighted by molar-refractivity contribution is -0.132. The number of benzene rings is 2. The van der Waals surface area contributed by atoms with Gasteiger partial charge >= 0.3 is 0 Å². The maximum Gasteiger partial charge on any atom is 0.227 e. The fourth-order valence-corrected chi connectivity index (χ4v) is 4.21. The molecule has 5 rings (SSSR count). The fraction of sp³-hybridized carbons (Fsp3) is 0.348. The molecule has 3 aromatic rings. The summed E-state index contributed by atoms with van der Waals surface area (Å²) in [5, 5.41) is 0.884. The molecule has 1 saturated heterocycles. The topological polar surface area (TPSA) is 84.6 Å². The van der Waals surface area contributed by atoms with Crippen LogP contribution in [0, 0.1) is 0 Å². The molecule has 1 fully saturated rings. The third-order valence-corrected chi connectivity index (χ3v) is 5.88. The Morgan fingerprint density at radius 1 is 1.07 bits per heavy atom. The van der Waals surface area contributed by atoms with Crippen molar-refractivity contribution >= 4 is 22.6 Å². The number of rotatable bonds is 4. The largest absolute Gasteiger partial charge is 0.493 e. The van der Waals surface area contributed by atoms with Crippen molar-refractivity contribution in [1.29, 1.82) is 0 Å². The minimum Gasteiger partial charge on any atom is -0.493 e. The molecule has 2 aliphatic heterocycles. The Labute approximate surface area is 175 Å². The zero-order valence-corrected chi connectivity index (χ0v) is 16.9. The molecule has 2 aromatic carbocycles. The molecule has 0 atom stereocenters. The van der Waals surface area contributed by atoms with Crippen LogP contribution in [-0.2, 0) is 24.2 Å². The summed E-state index contributed by atoms with van der Waals surface area (Å²) in [7, 11) is 0. The Bertz CT molecular complexity index is 1090.